The zero-order valence-electron chi connectivity index (χ0n) is 12.4. The van der Waals surface area contributed by atoms with Crippen LogP contribution in [0.15, 0.2) is 59.6 Å². The Morgan fingerprint density at radius 1 is 1.00 bits per heavy atom. The molecule has 114 valence electrons. The Morgan fingerprint density at radius 3 is 2.50 bits per heavy atom. The monoisotopic (exact) mass is 313 g/mol. The van der Waals surface area contributed by atoms with Gasteiger partial charge in [-0.25, -0.2) is 4.99 Å². The molecule has 3 aromatic rings. The number of hydrogen-bond acceptors (Lipinski definition) is 3. The van der Waals surface area contributed by atoms with Crippen molar-refractivity contribution in [2.75, 3.05) is 0 Å². The van der Waals surface area contributed by atoms with Crippen LogP contribution in [-0.4, -0.2) is 21.7 Å². The van der Waals surface area contributed by atoms with Gasteiger partial charge >= 0.3 is 0 Å². The number of aromatic amines is 1. The molecule has 0 radical (unpaired) electrons. The van der Waals surface area contributed by atoms with Gasteiger partial charge in [-0.15, -0.1) is 0 Å². The van der Waals surface area contributed by atoms with Crippen LogP contribution in [0.2, 0.25) is 0 Å². The summed E-state index contributed by atoms with van der Waals surface area (Å²) in [5.41, 5.74) is 3.56. The van der Waals surface area contributed by atoms with Crippen LogP contribution in [0, 0.1) is 11.3 Å². The molecular weight excluding hydrogens is 302 g/mol. The van der Waals surface area contributed by atoms with Crippen molar-refractivity contribution < 1.29 is 9.90 Å². The summed E-state index contributed by atoms with van der Waals surface area (Å²) in [7, 11) is 0. The number of aliphatic imine (C=N–C) groups is 1. The number of carbonyl (C=O) groups excluding carboxylic acids is 1. The fourth-order valence-electron chi connectivity index (χ4n) is 2.91. The van der Waals surface area contributed by atoms with Crippen molar-refractivity contribution >= 4 is 11.6 Å². The molecule has 0 saturated heterocycles. The van der Waals surface area contributed by atoms with Gasteiger partial charge in [-0.3, -0.25) is 4.79 Å². The number of H-pyrrole nitrogens is 1. The minimum atomic E-state index is -0.405. The predicted molar refractivity (Wildman–Crippen MR) is 89.0 cm³/mol. The van der Waals surface area contributed by atoms with Crippen molar-refractivity contribution in [2.45, 2.75) is 0 Å². The maximum atomic E-state index is 12.4. The molecular formula is C19H11N3O2. The molecule has 1 amide bonds. The maximum absolute atomic E-state index is 12.4. The molecule has 0 saturated carbocycles. The molecule has 2 heterocycles. The lowest BCUT2D eigenvalue weighted by atomic mass is 9.99. The number of aromatic nitrogens is 1. The second-order valence-electron chi connectivity index (χ2n) is 5.42. The maximum Gasteiger partial charge on any atom is 0.280 e. The van der Waals surface area contributed by atoms with Crippen molar-refractivity contribution in [2.24, 2.45) is 4.99 Å². The standard InChI is InChI=1S/C19H11N3O2/c20-10-11-5-4-8-13(9-11)17-15-14(18(23)22-17)16(21-19(15)24)12-6-2-1-3-7-12/h1-9,22-23H. The van der Waals surface area contributed by atoms with Gasteiger partial charge in [0.1, 0.15) is 0 Å². The molecule has 2 aromatic carbocycles. The Hall–Kier alpha value is -3.65. The number of hydrogen-bond donors (Lipinski definition) is 2. The van der Waals surface area contributed by atoms with E-state index in [1.807, 2.05) is 30.3 Å². The molecule has 24 heavy (non-hydrogen) atoms. The van der Waals surface area contributed by atoms with Crippen molar-refractivity contribution in [3.63, 3.8) is 0 Å². The molecule has 0 atom stereocenters. The third-order valence-electron chi connectivity index (χ3n) is 3.97. The quantitative estimate of drug-likeness (QED) is 0.761. The van der Waals surface area contributed by atoms with E-state index in [0.29, 0.717) is 33.7 Å². The van der Waals surface area contributed by atoms with Crippen molar-refractivity contribution in [3.05, 3.63) is 76.9 Å². The van der Waals surface area contributed by atoms with Gasteiger partial charge in [-0.2, -0.15) is 5.26 Å². The Morgan fingerprint density at radius 2 is 1.75 bits per heavy atom. The minimum absolute atomic E-state index is 0.101. The summed E-state index contributed by atoms with van der Waals surface area (Å²) in [5, 5.41) is 19.4. The number of nitrogens with zero attached hydrogens (tertiary/aromatic N) is 2. The fraction of sp³-hybridized carbons (Fsp3) is 0. The molecule has 0 spiro atoms. The molecule has 4 rings (SSSR count). The van der Waals surface area contributed by atoms with Crippen LogP contribution >= 0.6 is 0 Å². The summed E-state index contributed by atoms with van der Waals surface area (Å²) in [6.07, 6.45) is 0. The van der Waals surface area contributed by atoms with E-state index in [1.54, 1.807) is 24.3 Å². The number of aromatic hydroxyl groups is 1. The van der Waals surface area contributed by atoms with Crippen LogP contribution in [0.4, 0.5) is 0 Å². The number of nitriles is 1. The van der Waals surface area contributed by atoms with Crippen LogP contribution in [0.25, 0.3) is 11.3 Å². The van der Waals surface area contributed by atoms with Crippen LogP contribution in [0.3, 0.4) is 0 Å². The number of benzene rings is 2. The fourth-order valence-corrected chi connectivity index (χ4v) is 2.91. The van der Waals surface area contributed by atoms with E-state index in [-0.39, 0.29) is 5.88 Å². The van der Waals surface area contributed by atoms with Gasteiger partial charge in [0.15, 0.2) is 5.88 Å². The van der Waals surface area contributed by atoms with Gasteiger partial charge in [0.25, 0.3) is 5.91 Å². The highest BCUT2D eigenvalue weighted by molar-refractivity contribution is 6.30. The van der Waals surface area contributed by atoms with Crippen molar-refractivity contribution in [1.82, 2.24) is 4.98 Å². The normalized spacial score (nSPS) is 12.6. The number of carbonyl (C=O) groups is 1. The van der Waals surface area contributed by atoms with E-state index in [0.717, 1.165) is 5.56 Å². The Balaban J connectivity index is 1.91. The van der Waals surface area contributed by atoms with Gasteiger partial charge in [0, 0.05) is 11.1 Å². The molecule has 0 bridgehead atoms. The largest absolute Gasteiger partial charge is 0.494 e. The predicted octanol–water partition coefficient (Wildman–Crippen LogP) is 3.25. The average Bonchev–Trinajstić information content (AvgIpc) is 3.15. The second-order valence-corrected chi connectivity index (χ2v) is 5.42. The molecule has 5 nitrogen and oxygen atoms in total. The highest BCUT2D eigenvalue weighted by Crippen LogP contribution is 2.37. The molecule has 1 aliphatic heterocycles. The average molecular weight is 313 g/mol. The summed E-state index contributed by atoms with van der Waals surface area (Å²) in [5.74, 6) is -0.506. The van der Waals surface area contributed by atoms with Crippen LogP contribution in [0.5, 0.6) is 5.88 Å². The van der Waals surface area contributed by atoms with E-state index in [1.165, 1.54) is 0 Å². The van der Waals surface area contributed by atoms with Crippen molar-refractivity contribution in [1.29, 1.82) is 5.26 Å². The molecule has 0 unspecified atom stereocenters. The number of nitrogens with one attached hydrogen (secondary N) is 1. The lowest BCUT2D eigenvalue weighted by Gasteiger charge is -2.00. The Bertz CT molecular complexity index is 1040. The second kappa shape index (κ2) is 5.21. The summed E-state index contributed by atoms with van der Waals surface area (Å²) < 4.78 is 0. The first-order valence-electron chi connectivity index (χ1n) is 7.33. The van der Waals surface area contributed by atoms with Crippen LogP contribution in [0.1, 0.15) is 27.0 Å². The zero-order chi connectivity index (χ0) is 16.7. The van der Waals surface area contributed by atoms with E-state index >= 15 is 0 Å². The molecule has 1 aliphatic rings. The first-order valence-corrected chi connectivity index (χ1v) is 7.33. The minimum Gasteiger partial charge on any atom is -0.494 e. The SMILES string of the molecule is N#Cc1cccc(-c2[nH]c(O)c3c2C(=O)N=C3c2ccccc2)c1. The van der Waals surface area contributed by atoms with Crippen LogP contribution < -0.4 is 0 Å². The Labute approximate surface area is 137 Å². The lowest BCUT2D eigenvalue weighted by Crippen LogP contribution is -1.99. The topological polar surface area (TPSA) is 89.2 Å². The van der Waals surface area contributed by atoms with E-state index in [4.69, 9.17) is 5.26 Å². The molecule has 5 heteroatoms. The first kappa shape index (κ1) is 14.0. The molecule has 0 fully saturated rings. The van der Waals surface area contributed by atoms with Gasteiger partial charge in [-0.05, 0) is 12.1 Å². The van der Waals surface area contributed by atoms with Crippen molar-refractivity contribution in [3.8, 4) is 23.2 Å². The summed E-state index contributed by atoms with van der Waals surface area (Å²) >= 11 is 0. The van der Waals surface area contributed by atoms with E-state index < -0.39 is 5.91 Å². The first-order chi connectivity index (χ1) is 11.7. The van der Waals surface area contributed by atoms with Gasteiger partial charge in [0.05, 0.1) is 34.2 Å². The number of fused-ring (bicyclic) bond motifs is 1. The van der Waals surface area contributed by atoms with E-state index in [2.05, 4.69) is 16.0 Å². The lowest BCUT2D eigenvalue weighted by molar-refractivity contribution is 0.101. The summed E-state index contributed by atoms with van der Waals surface area (Å²) in [4.78, 5) is 19.4. The number of amides is 1. The van der Waals surface area contributed by atoms with Gasteiger partial charge in [-0.1, -0.05) is 42.5 Å². The zero-order valence-corrected chi connectivity index (χ0v) is 12.4. The Kier molecular flexibility index (Phi) is 3.04. The third kappa shape index (κ3) is 2.02. The highest BCUT2D eigenvalue weighted by Gasteiger charge is 2.33. The van der Waals surface area contributed by atoms with Crippen LogP contribution in [-0.2, 0) is 0 Å². The third-order valence-corrected chi connectivity index (χ3v) is 3.97. The smallest absolute Gasteiger partial charge is 0.280 e. The summed E-state index contributed by atoms with van der Waals surface area (Å²) in [6, 6.07) is 18.2. The molecule has 2 N–H and O–H groups in total. The van der Waals surface area contributed by atoms with Gasteiger partial charge < -0.3 is 10.1 Å². The molecule has 0 aliphatic carbocycles. The number of rotatable bonds is 2. The molecule has 1 aromatic heterocycles. The van der Waals surface area contributed by atoms with E-state index in [9.17, 15) is 9.90 Å². The highest BCUT2D eigenvalue weighted by atomic mass is 16.3. The summed E-state index contributed by atoms with van der Waals surface area (Å²) in [6.45, 7) is 0. The van der Waals surface area contributed by atoms with Gasteiger partial charge in [0.2, 0.25) is 0 Å².